The molecule has 5 heteroatoms. The van der Waals surface area contributed by atoms with Crippen molar-refractivity contribution in [1.29, 1.82) is 0 Å². The second-order valence-corrected chi connectivity index (χ2v) is 7.22. The summed E-state index contributed by atoms with van der Waals surface area (Å²) in [5.74, 6) is 0.667. The van der Waals surface area contributed by atoms with Crippen molar-refractivity contribution in [2.75, 3.05) is 5.75 Å². The first-order chi connectivity index (χ1) is 8.16. The number of aliphatic hydroxyl groups excluding tert-OH is 1. The van der Waals surface area contributed by atoms with Crippen LogP contribution in [0.25, 0.3) is 0 Å². The third kappa shape index (κ3) is 3.83. The van der Waals surface area contributed by atoms with Gasteiger partial charge in [-0.2, -0.15) is 0 Å². The molecule has 2 aromatic rings. The van der Waals surface area contributed by atoms with Crippen LogP contribution in [0.5, 0.6) is 0 Å². The number of benzene rings is 1. The van der Waals surface area contributed by atoms with Crippen molar-refractivity contribution in [2.24, 2.45) is 0 Å². The lowest BCUT2D eigenvalue weighted by atomic mass is 10.3. The van der Waals surface area contributed by atoms with Crippen molar-refractivity contribution < 1.29 is 5.11 Å². The summed E-state index contributed by atoms with van der Waals surface area (Å²) in [6.07, 6.45) is -0.418. The monoisotopic (exact) mass is 392 g/mol. The molecular weight excluding hydrogens is 384 g/mol. The number of aliphatic hydroxyl groups is 1. The SMILES string of the molecule is OC(CSc1ccc(Br)cc1)c1sccc1Br. The zero-order chi connectivity index (χ0) is 12.3. The Labute approximate surface area is 126 Å². The van der Waals surface area contributed by atoms with Gasteiger partial charge < -0.3 is 5.11 Å². The summed E-state index contributed by atoms with van der Waals surface area (Å²) in [5, 5.41) is 12.0. The van der Waals surface area contributed by atoms with Gasteiger partial charge in [0.15, 0.2) is 0 Å². The number of hydrogen-bond acceptors (Lipinski definition) is 3. The quantitative estimate of drug-likeness (QED) is 0.729. The highest BCUT2D eigenvalue weighted by Crippen LogP contribution is 2.32. The van der Waals surface area contributed by atoms with E-state index >= 15 is 0 Å². The van der Waals surface area contributed by atoms with Gasteiger partial charge in [-0.15, -0.1) is 23.1 Å². The van der Waals surface area contributed by atoms with Gasteiger partial charge in [0.25, 0.3) is 0 Å². The highest BCUT2D eigenvalue weighted by molar-refractivity contribution is 9.10. The summed E-state index contributed by atoms with van der Waals surface area (Å²) < 4.78 is 2.06. The first-order valence-corrected chi connectivity index (χ1v) is 8.41. The molecule has 1 nitrogen and oxygen atoms in total. The molecule has 1 aromatic heterocycles. The van der Waals surface area contributed by atoms with Crippen molar-refractivity contribution >= 4 is 55.0 Å². The summed E-state index contributed by atoms with van der Waals surface area (Å²) in [6, 6.07) is 10.1. The Bertz CT molecular complexity index is 482. The van der Waals surface area contributed by atoms with Crippen molar-refractivity contribution in [1.82, 2.24) is 0 Å². The minimum absolute atomic E-state index is 0.418. The predicted molar refractivity (Wildman–Crippen MR) is 81.8 cm³/mol. The Morgan fingerprint density at radius 3 is 2.47 bits per heavy atom. The molecule has 1 aromatic carbocycles. The van der Waals surface area contributed by atoms with Crippen LogP contribution >= 0.6 is 55.0 Å². The molecule has 0 bridgehead atoms. The summed E-state index contributed by atoms with van der Waals surface area (Å²) >= 11 is 10.1. The maximum Gasteiger partial charge on any atom is 0.0986 e. The summed E-state index contributed by atoms with van der Waals surface area (Å²) in [5.41, 5.74) is 0. The van der Waals surface area contributed by atoms with Crippen LogP contribution in [-0.2, 0) is 0 Å². The molecule has 1 atom stereocenters. The van der Waals surface area contributed by atoms with Gasteiger partial charge >= 0.3 is 0 Å². The standard InChI is InChI=1S/C12H10Br2OS2/c13-8-1-3-9(4-2-8)17-7-11(15)12-10(14)5-6-16-12/h1-6,11,15H,7H2. The van der Waals surface area contributed by atoms with Gasteiger partial charge in [0, 0.05) is 24.5 Å². The van der Waals surface area contributed by atoms with Crippen LogP contribution in [-0.4, -0.2) is 10.9 Å². The molecule has 17 heavy (non-hydrogen) atoms. The average Bonchev–Trinajstić information content (AvgIpc) is 2.74. The molecule has 90 valence electrons. The van der Waals surface area contributed by atoms with Gasteiger partial charge in [-0.05, 0) is 51.6 Å². The molecule has 1 heterocycles. The van der Waals surface area contributed by atoms with Gasteiger partial charge in [-0.25, -0.2) is 0 Å². The van der Waals surface area contributed by atoms with Gasteiger partial charge in [-0.3, -0.25) is 0 Å². The molecule has 0 aliphatic heterocycles. The molecular formula is C12H10Br2OS2. The average molecular weight is 394 g/mol. The normalized spacial score (nSPS) is 12.6. The van der Waals surface area contributed by atoms with Crippen molar-refractivity contribution in [3.8, 4) is 0 Å². The lowest BCUT2D eigenvalue weighted by Gasteiger charge is -2.09. The smallest absolute Gasteiger partial charge is 0.0986 e. The van der Waals surface area contributed by atoms with Crippen molar-refractivity contribution in [3.63, 3.8) is 0 Å². The lowest BCUT2D eigenvalue weighted by Crippen LogP contribution is -1.98. The van der Waals surface area contributed by atoms with E-state index in [0.29, 0.717) is 5.75 Å². The molecule has 2 rings (SSSR count). The molecule has 1 N–H and O–H groups in total. The highest BCUT2D eigenvalue weighted by atomic mass is 79.9. The molecule has 0 radical (unpaired) electrons. The molecule has 0 fully saturated rings. The number of hydrogen-bond donors (Lipinski definition) is 1. The molecule has 1 unspecified atom stereocenters. The minimum Gasteiger partial charge on any atom is -0.387 e. The summed E-state index contributed by atoms with van der Waals surface area (Å²) in [4.78, 5) is 2.16. The van der Waals surface area contributed by atoms with E-state index in [1.807, 2.05) is 35.7 Å². The first kappa shape index (κ1) is 13.6. The van der Waals surface area contributed by atoms with E-state index in [1.54, 1.807) is 23.1 Å². The maximum absolute atomic E-state index is 10.1. The van der Waals surface area contributed by atoms with E-state index in [9.17, 15) is 5.11 Å². The van der Waals surface area contributed by atoms with Crippen LogP contribution in [0.15, 0.2) is 49.6 Å². The highest BCUT2D eigenvalue weighted by Gasteiger charge is 2.12. The maximum atomic E-state index is 10.1. The van der Waals surface area contributed by atoms with Crippen LogP contribution < -0.4 is 0 Å². The van der Waals surface area contributed by atoms with E-state index in [0.717, 1.165) is 13.8 Å². The zero-order valence-corrected chi connectivity index (χ0v) is 13.6. The van der Waals surface area contributed by atoms with Crippen molar-refractivity contribution in [3.05, 3.63) is 49.5 Å². The molecule has 0 amide bonds. The largest absolute Gasteiger partial charge is 0.387 e. The fraction of sp³-hybridized carbons (Fsp3) is 0.167. The minimum atomic E-state index is -0.418. The Morgan fingerprint density at radius 2 is 1.88 bits per heavy atom. The first-order valence-electron chi connectivity index (χ1n) is 4.96. The molecule has 0 aliphatic rings. The van der Waals surface area contributed by atoms with Crippen LogP contribution in [0.1, 0.15) is 11.0 Å². The molecule has 0 spiro atoms. The van der Waals surface area contributed by atoms with Crippen molar-refractivity contribution in [2.45, 2.75) is 11.0 Å². The van der Waals surface area contributed by atoms with E-state index < -0.39 is 6.10 Å². The van der Waals surface area contributed by atoms with E-state index in [1.165, 1.54) is 4.90 Å². The third-order valence-electron chi connectivity index (χ3n) is 2.17. The Kier molecular flexibility index (Phi) is 5.11. The lowest BCUT2D eigenvalue weighted by molar-refractivity contribution is 0.207. The second-order valence-electron chi connectivity index (χ2n) is 3.41. The summed E-state index contributed by atoms with van der Waals surface area (Å²) in [6.45, 7) is 0. The molecule has 0 saturated carbocycles. The van der Waals surface area contributed by atoms with Gasteiger partial charge in [0.2, 0.25) is 0 Å². The van der Waals surface area contributed by atoms with Gasteiger partial charge in [-0.1, -0.05) is 15.9 Å². The predicted octanol–water partition coefficient (Wildman–Crippen LogP) is 5.10. The number of thiophene rings is 1. The number of thioether (sulfide) groups is 1. The van der Waals surface area contributed by atoms with Crippen LogP contribution in [0.4, 0.5) is 0 Å². The van der Waals surface area contributed by atoms with E-state index in [2.05, 4.69) is 31.9 Å². The fourth-order valence-electron chi connectivity index (χ4n) is 1.32. The van der Waals surface area contributed by atoms with E-state index in [4.69, 9.17) is 0 Å². The van der Waals surface area contributed by atoms with Crippen LogP contribution in [0, 0.1) is 0 Å². The zero-order valence-electron chi connectivity index (χ0n) is 8.77. The second kappa shape index (κ2) is 6.38. The molecule has 0 aliphatic carbocycles. The van der Waals surface area contributed by atoms with E-state index in [-0.39, 0.29) is 0 Å². The fourth-order valence-corrected chi connectivity index (χ4v) is 4.16. The number of rotatable bonds is 4. The van der Waals surface area contributed by atoms with Gasteiger partial charge in [0.1, 0.15) is 0 Å². The van der Waals surface area contributed by atoms with Crippen LogP contribution in [0.3, 0.4) is 0 Å². The Hall–Kier alpha value is 0.190. The Balaban J connectivity index is 1.94. The molecule has 0 saturated heterocycles. The topological polar surface area (TPSA) is 20.2 Å². The van der Waals surface area contributed by atoms with Gasteiger partial charge in [0.05, 0.1) is 6.10 Å². The number of halogens is 2. The van der Waals surface area contributed by atoms with Crippen LogP contribution in [0.2, 0.25) is 0 Å². The summed E-state index contributed by atoms with van der Waals surface area (Å²) in [7, 11) is 0. The third-order valence-corrected chi connectivity index (χ3v) is 5.76. The Morgan fingerprint density at radius 1 is 1.18 bits per heavy atom.